The number of pyridine rings is 1. The quantitative estimate of drug-likeness (QED) is 0.382. The summed E-state index contributed by atoms with van der Waals surface area (Å²) in [4.78, 5) is 13.7. The summed E-state index contributed by atoms with van der Waals surface area (Å²) in [7, 11) is 0. The minimum Gasteiger partial charge on any atom is -0.303 e. The molecule has 1 aromatic heterocycles. The largest absolute Gasteiger partial charge is 0.312 e. The average molecular weight is 168 g/mol. The number of anilines is 1. The maximum atomic E-state index is 10.4. The molecule has 0 unspecified atom stereocenters. The standard InChI is InChI=1S/C6H8N4O2/c1-4-2-3-5(10(11)12)6(8-4)9-7/h2-3H,7H2,1H3,(H,8,9). The highest BCUT2D eigenvalue weighted by atomic mass is 16.6. The summed E-state index contributed by atoms with van der Waals surface area (Å²) in [6.07, 6.45) is 0. The smallest absolute Gasteiger partial charge is 0.303 e. The number of rotatable bonds is 2. The highest BCUT2D eigenvalue weighted by Crippen LogP contribution is 2.20. The zero-order chi connectivity index (χ0) is 9.14. The first kappa shape index (κ1) is 8.41. The van der Waals surface area contributed by atoms with E-state index in [4.69, 9.17) is 5.84 Å². The van der Waals surface area contributed by atoms with Crippen LogP contribution in [0.1, 0.15) is 5.69 Å². The molecule has 0 aliphatic rings. The number of hydrazine groups is 1. The summed E-state index contributed by atoms with van der Waals surface area (Å²) in [6.45, 7) is 1.73. The van der Waals surface area contributed by atoms with Crippen molar-refractivity contribution in [1.29, 1.82) is 0 Å². The van der Waals surface area contributed by atoms with E-state index in [0.717, 1.165) is 0 Å². The van der Waals surface area contributed by atoms with Crippen molar-refractivity contribution in [3.05, 3.63) is 27.9 Å². The summed E-state index contributed by atoms with van der Waals surface area (Å²) >= 11 is 0. The molecular formula is C6H8N4O2. The van der Waals surface area contributed by atoms with E-state index >= 15 is 0 Å². The Bertz CT molecular complexity index is 312. The Labute approximate surface area is 68.5 Å². The van der Waals surface area contributed by atoms with Gasteiger partial charge in [0.25, 0.3) is 0 Å². The third kappa shape index (κ3) is 1.48. The lowest BCUT2D eigenvalue weighted by molar-refractivity contribution is -0.384. The number of nitrogens with zero attached hydrogens (tertiary/aromatic N) is 2. The van der Waals surface area contributed by atoms with Crippen molar-refractivity contribution in [2.24, 2.45) is 5.84 Å². The number of hydrogen-bond acceptors (Lipinski definition) is 5. The second-order valence-corrected chi connectivity index (χ2v) is 2.22. The molecule has 12 heavy (non-hydrogen) atoms. The van der Waals surface area contributed by atoms with Gasteiger partial charge in [-0.3, -0.25) is 10.1 Å². The number of aromatic nitrogens is 1. The maximum absolute atomic E-state index is 10.4. The Balaban J connectivity index is 3.20. The highest BCUT2D eigenvalue weighted by Gasteiger charge is 2.13. The predicted molar refractivity (Wildman–Crippen MR) is 43.4 cm³/mol. The SMILES string of the molecule is Cc1ccc([N+](=O)[O-])c(NN)n1. The number of nitro groups is 1. The number of nitrogen functional groups attached to an aromatic ring is 1. The molecule has 6 nitrogen and oxygen atoms in total. The molecule has 64 valence electrons. The topological polar surface area (TPSA) is 94.1 Å². The van der Waals surface area contributed by atoms with Crippen molar-refractivity contribution in [1.82, 2.24) is 4.98 Å². The lowest BCUT2D eigenvalue weighted by Gasteiger charge is -2.00. The van der Waals surface area contributed by atoms with Gasteiger partial charge in [0, 0.05) is 11.8 Å². The monoisotopic (exact) mass is 168 g/mol. The Kier molecular flexibility index (Phi) is 2.20. The molecule has 0 spiro atoms. The third-order valence-electron chi connectivity index (χ3n) is 1.35. The summed E-state index contributed by atoms with van der Waals surface area (Å²) in [5.74, 6) is 5.12. The van der Waals surface area contributed by atoms with Crippen LogP contribution in [0.2, 0.25) is 0 Å². The molecule has 0 aromatic carbocycles. The molecule has 6 heteroatoms. The first-order valence-electron chi connectivity index (χ1n) is 3.24. The van der Waals surface area contributed by atoms with E-state index in [1.54, 1.807) is 13.0 Å². The number of nitrogens with two attached hydrogens (primary N) is 1. The summed E-state index contributed by atoms with van der Waals surface area (Å²) in [6, 6.07) is 2.91. The summed E-state index contributed by atoms with van der Waals surface area (Å²) < 4.78 is 0. The van der Waals surface area contributed by atoms with E-state index < -0.39 is 4.92 Å². The minimum absolute atomic E-state index is 0.0833. The number of aryl methyl sites for hydroxylation is 1. The van der Waals surface area contributed by atoms with Crippen molar-refractivity contribution in [3.8, 4) is 0 Å². The van der Waals surface area contributed by atoms with Gasteiger partial charge in [-0.1, -0.05) is 0 Å². The minimum atomic E-state index is -0.540. The normalized spacial score (nSPS) is 9.50. The van der Waals surface area contributed by atoms with Crippen molar-refractivity contribution in [2.75, 3.05) is 5.43 Å². The van der Waals surface area contributed by atoms with Crippen molar-refractivity contribution < 1.29 is 4.92 Å². The Morgan fingerprint density at radius 2 is 2.33 bits per heavy atom. The molecule has 1 heterocycles. The molecule has 0 amide bonds. The first-order valence-corrected chi connectivity index (χ1v) is 3.24. The molecule has 0 atom stereocenters. The van der Waals surface area contributed by atoms with Crippen LogP contribution in [-0.2, 0) is 0 Å². The van der Waals surface area contributed by atoms with Crippen molar-refractivity contribution in [2.45, 2.75) is 6.92 Å². The van der Waals surface area contributed by atoms with Crippen LogP contribution in [0.25, 0.3) is 0 Å². The van der Waals surface area contributed by atoms with Crippen LogP contribution < -0.4 is 11.3 Å². The second-order valence-electron chi connectivity index (χ2n) is 2.22. The van der Waals surface area contributed by atoms with Crippen molar-refractivity contribution in [3.63, 3.8) is 0 Å². The van der Waals surface area contributed by atoms with Crippen LogP contribution in [-0.4, -0.2) is 9.91 Å². The van der Waals surface area contributed by atoms with Crippen LogP contribution in [0.15, 0.2) is 12.1 Å². The molecule has 0 fully saturated rings. The molecule has 0 radical (unpaired) electrons. The van der Waals surface area contributed by atoms with Gasteiger partial charge >= 0.3 is 5.69 Å². The molecule has 3 N–H and O–H groups in total. The highest BCUT2D eigenvalue weighted by molar-refractivity contribution is 5.55. The maximum Gasteiger partial charge on any atom is 0.312 e. The van der Waals surface area contributed by atoms with Gasteiger partial charge in [-0.05, 0) is 13.0 Å². The molecule has 0 aliphatic carbocycles. The lowest BCUT2D eigenvalue weighted by atomic mass is 10.3. The van der Waals surface area contributed by atoms with Crippen LogP contribution in [0.4, 0.5) is 11.5 Å². The fourth-order valence-corrected chi connectivity index (χ4v) is 0.803. The number of nitrogens with one attached hydrogen (secondary N) is 1. The van der Waals surface area contributed by atoms with Gasteiger partial charge in [0.2, 0.25) is 5.82 Å². The van der Waals surface area contributed by atoms with E-state index in [1.807, 2.05) is 0 Å². The third-order valence-corrected chi connectivity index (χ3v) is 1.35. The number of hydrogen-bond donors (Lipinski definition) is 2. The molecule has 1 rings (SSSR count). The van der Waals surface area contributed by atoms with Crippen LogP contribution >= 0.6 is 0 Å². The van der Waals surface area contributed by atoms with E-state index in [-0.39, 0.29) is 11.5 Å². The first-order chi connectivity index (χ1) is 5.65. The average Bonchev–Trinajstić information content (AvgIpc) is 2.03. The van der Waals surface area contributed by atoms with Crippen LogP contribution in [0.3, 0.4) is 0 Å². The van der Waals surface area contributed by atoms with Gasteiger partial charge < -0.3 is 5.43 Å². The van der Waals surface area contributed by atoms with E-state index in [0.29, 0.717) is 5.69 Å². The predicted octanol–water partition coefficient (Wildman–Crippen LogP) is 0.584. The second kappa shape index (κ2) is 3.14. The molecular weight excluding hydrogens is 160 g/mol. The van der Waals surface area contributed by atoms with Gasteiger partial charge in [0.05, 0.1) is 4.92 Å². The Morgan fingerprint density at radius 1 is 1.67 bits per heavy atom. The van der Waals surface area contributed by atoms with Crippen LogP contribution in [0.5, 0.6) is 0 Å². The molecule has 0 saturated heterocycles. The Morgan fingerprint density at radius 3 is 2.83 bits per heavy atom. The molecule has 0 aliphatic heterocycles. The Hall–Kier alpha value is -1.69. The fourth-order valence-electron chi connectivity index (χ4n) is 0.803. The van der Waals surface area contributed by atoms with Crippen LogP contribution in [0, 0.1) is 17.0 Å². The van der Waals surface area contributed by atoms with Gasteiger partial charge in [-0.15, -0.1) is 0 Å². The van der Waals surface area contributed by atoms with E-state index in [1.165, 1.54) is 6.07 Å². The lowest BCUT2D eigenvalue weighted by Crippen LogP contribution is -2.11. The van der Waals surface area contributed by atoms with E-state index in [9.17, 15) is 10.1 Å². The summed E-state index contributed by atoms with van der Waals surface area (Å²) in [5.41, 5.74) is 2.72. The van der Waals surface area contributed by atoms with E-state index in [2.05, 4.69) is 10.4 Å². The summed E-state index contributed by atoms with van der Waals surface area (Å²) in [5, 5.41) is 10.4. The zero-order valence-corrected chi connectivity index (χ0v) is 6.44. The fraction of sp³-hybridized carbons (Fsp3) is 0.167. The zero-order valence-electron chi connectivity index (χ0n) is 6.44. The molecule has 0 saturated carbocycles. The van der Waals surface area contributed by atoms with Crippen molar-refractivity contribution >= 4 is 11.5 Å². The van der Waals surface area contributed by atoms with Gasteiger partial charge in [0.1, 0.15) is 0 Å². The molecule has 0 bridgehead atoms. The van der Waals surface area contributed by atoms with Gasteiger partial charge in [-0.25, -0.2) is 10.8 Å². The molecule has 1 aromatic rings. The van der Waals surface area contributed by atoms with Gasteiger partial charge in [0.15, 0.2) is 0 Å². The van der Waals surface area contributed by atoms with Gasteiger partial charge in [-0.2, -0.15) is 0 Å².